The number of hydrogen-bond donors (Lipinski definition) is 0. The lowest BCUT2D eigenvalue weighted by Crippen LogP contribution is -2.32. The van der Waals surface area contributed by atoms with E-state index in [0.717, 1.165) is 35.2 Å². The summed E-state index contributed by atoms with van der Waals surface area (Å²) >= 11 is 0. The normalized spacial score (nSPS) is 18.7. The van der Waals surface area contributed by atoms with Gasteiger partial charge in [-0.2, -0.15) is 0 Å². The highest BCUT2D eigenvalue weighted by atomic mass is 15.4. The molecule has 1 aliphatic heterocycles. The van der Waals surface area contributed by atoms with Gasteiger partial charge >= 0.3 is 0 Å². The third kappa shape index (κ3) is 2.72. The number of benzene rings is 1. The smallest absolute Gasteiger partial charge is 0.113 e. The Kier molecular flexibility index (Phi) is 3.79. The minimum absolute atomic E-state index is 0.587. The minimum Gasteiger partial charge on any atom is -0.299 e. The number of aromatic nitrogens is 4. The molecule has 0 bridgehead atoms. The molecule has 0 aliphatic carbocycles. The predicted molar refractivity (Wildman–Crippen MR) is 91.0 cm³/mol. The molecule has 0 N–H and O–H groups in total. The first-order chi connectivity index (χ1) is 11.3. The van der Waals surface area contributed by atoms with Gasteiger partial charge in [-0.1, -0.05) is 30.3 Å². The molecule has 23 heavy (non-hydrogen) atoms. The van der Waals surface area contributed by atoms with Crippen molar-refractivity contribution in [1.82, 2.24) is 24.9 Å². The van der Waals surface area contributed by atoms with E-state index < -0.39 is 0 Å². The van der Waals surface area contributed by atoms with Crippen molar-refractivity contribution in [2.24, 2.45) is 0 Å². The fourth-order valence-corrected chi connectivity index (χ4v) is 3.56. The molecule has 5 nitrogen and oxygen atoms in total. The summed E-state index contributed by atoms with van der Waals surface area (Å²) in [5, 5.41) is 9.87. The summed E-state index contributed by atoms with van der Waals surface area (Å²) in [6.07, 6.45) is 6.44. The summed E-state index contributed by atoms with van der Waals surface area (Å²) in [6.45, 7) is 5.47. The second kappa shape index (κ2) is 6.08. The van der Waals surface area contributed by atoms with Gasteiger partial charge in [0.25, 0.3) is 0 Å². The molecule has 4 rings (SSSR count). The summed E-state index contributed by atoms with van der Waals surface area (Å²) < 4.78 is 1.99. The monoisotopic (exact) mass is 307 g/mol. The maximum Gasteiger partial charge on any atom is 0.113 e. The quantitative estimate of drug-likeness (QED) is 0.743. The van der Waals surface area contributed by atoms with Crippen LogP contribution in [0, 0.1) is 0 Å². The van der Waals surface area contributed by atoms with E-state index in [-0.39, 0.29) is 0 Å². The molecular weight excluding hydrogens is 286 g/mol. The lowest BCUT2D eigenvalue weighted by atomic mass is 10.1. The number of pyridine rings is 1. The van der Waals surface area contributed by atoms with Crippen molar-refractivity contribution >= 4 is 10.9 Å². The molecule has 1 saturated heterocycles. The Morgan fingerprint density at radius 2 is 2.13 bits per heavy atom. The zero-order valence-electron chi connectivity index (χ0n) is 13.4. The molecule has 2 aromatic heterocycles. The molecule has 1 aromatic carbocycles. The van der Waals surface area contributed by atoms with Gasteiger partial charge in [0, 0.05) is 23.2 Å². The largest absolute Gasteiger partial charge is 0.299 e. The van der Waals surface area contributed by atoms with Crippen LogP contribution in [0.4, 0.5) is 0 Å². The van der Waals surface area contributed by atoms with Crippen LogP contribution in [0.1, 0.15) is 19.8 Å². The van der Waals surface area contributed by atoms with Crippen molar-refractivity contribution in [1.29, 1.82) is 0 Å². The van der Waals surface area contributed by atoms with Crippen LogP contribution in [-0.2, 0) is 6.54 Å². The van der Waals surface area contributed by atoms with Crippen molar-refractivity contribution < 1.29 is 0 Å². The van der Waals surface area contributed by atoms with Crippen LogP contribution in [0.25, 0.3) is 22.2 Å². The molecule has 0 unspecified atom stereocenters. The first-order valence-corrected chi connectivity index (χ1v) is 8.33. The molecule has 0 radical (unpaired) electrons. The molecule has 1 aliphatic rings. The first kappa shape index (κ1) is 14.3. The Balaban J connectivity index is 1.62. The number of likely N-dealkylation sites (tertiary alicyclic amines) is 1. The van der Waals surface area contributed by atoms with E-state index in [4.69, 9.17) is 0 Å². The Hall–Kier alpha value is -2.27. The third-order valence-electron chi connectivity index (χ3n) is 4.77. The molecular formula is C18H21N5. The third-order valence-corrected chi connectivity index (χ3v) is 4.77. The van der Waals surface area contributed by atoms with Gasteiger partial charge in [-0.05, 0) is 38.1 Å². The van der Waals surface area contributed by atoms with Crippen LogP contribution in [0.15, 0.2) is 42.7 Å². The summed E-state index contributed by atoms with van der Waals surface area (Å²) in [6, 6.07) is 10.8. The number of nitrogens with zero attached hydrogens (tertiary/aromatic N) is 5. The molecule has 0 amide bonds. The van der Waals surface area contributed by atoms with Gasteiger partial charge in [-0.15, -0.1) is 5.10 Å². The SMILES string of the molecule is CCN1CCC[C@@H]1Cn1cc(-c2ccnc3ccccc23)nn1. The minimum atomic E-state index is 0.587. The number of hydrogen-bond acceptors (Lipinski definition) is 4. The van der Waals surface area contributed by atoms with Crippen LogP contribution < -0.4 is 0 Å². The van der Waals surface area contributed by atoms with E-state index in [9.17, 15) is 0 Å². The standard InChI is InChI=1S/C18H21N5/c1-2-22-11-5-6-14(22)12-23-13-18(20-21-23)16-9-10-19-17-8-4-3-7-15(16)17/h3-4,7-10,13-14H,2,5-6,11-12H2,1H3/t14-/m1/s1. The number of likely N-dealkylation sites (N-methyl/N-ethyl adjacent to an activating group) is 1. The van der Waals surface area contributed by atoms with Gasteiger partial charge in [0.2, 0.25) is 0 Å². The highest BCUT2D eigenvalue weighted by Gasteiger charge is 2.23. The second-order valence-electron chi connectivity index (χ2n) is 6.13. The van der Waals surface area contributed by atoms with E-state index >= 15 is 0 Å². The molecule has 3 heterocycles. The molecule has 0 spiro atoms. The topological polar surface area (TPSA) is 46.8 Å². The lowest BCUT2D eigenvalue weighted by Gasteiger charge is -2.22. The average molecular weight is 307 g/mol. The van der Waals surface area contributed by atoms with Crippen LogP contribution in [0.3, 0.4) is 0 Å². The van der Waals surface area contributed by atoms with E-state index in [1.165, 1.54) is 19.4 Å². The molecule has 5 heteroatoms. The maximum absolute atomic E-state index is 4.42. The van der Waals surface area contributed by atoms with Gasteiger partial charge in [0.05, 0.1) is 18.3 Å². The zero-order valence-corrected chi connectivity index (χ0v) is 13.4. The van der Waals surface area contributed by atoms with Crippen molar-refractivity contribution in [2.45, 2.75) is 32.4 Å². The van der Waals surface area contributed by atoms with Crippen molar-refractivity contribution in [3.63, 3.8) is 0 Å². The van der Waals surface area contributed by atoms with Crippen molar-refractivity contribution in [2.75, 3.05) is 13.1 Å². The first-order valence-electron chi connectivity index (χ1n) is 8.33. The highest BCUT2D eigenvalue weighted by molar-refractivity contribution is 5.92. The van der Waals surface area contributed by atoms with Gasteiger partial charge in [-0.3, -0.25) is 14.6 Å². The van der Waals surface area contributed by atoms with E-state index in [0.29, 0.717) is 6.04 Å². The Bertz CT molecular complexity index is 805. The van der Waals surface area contributed by atoms with Crippen molar-refractivity contribution in [3.05, 3.63) is 42.7 Å². The van der Waals surface area contributed by atoms with Gasteiger partial charge in [-0.25, -0.2) is 0 Å². The van der Waals surface area contributed by atoms with Crippen LogP contribution >= 0.6 is 0 Å². The molecule has 1 atom stereocenters. The summed E-state index contributed by atoms with van der Waals surface area (Å²) in [4.78, 5) is 6.95. The fraction of sp³-hybridized carbons (Fsp3) is 0.389. The van der Waals surface area contributed by atoms with Crippen LogP contribution in [0.2, 0.25) is 0 Å². The van der Waals surface area contributed by atoms with Gasteiger partial charge in [0.1, 0.15) is 5.69 Å². The average Bonchev–Trinajstić information content (AvgIpc) is 3.24. The Labute approximate surface area is 135 Å². The summed E-state index contributed by atoms with van der Waals surface area (Å²) in [7, 11) is 0. The van der Waals surface area contributed by atoms with Crippen LogP contribution in [-0.4, -0.2) is 44.0 Å². The lowest BCUT2D eigenvalue weighted by molar-refractivity contribution is 0.237. The highest BCUT2D eigenvalue weighted by Crippen LogP contribution is 2.26. The predicted octanol–water partition coefficient (Wildman–Crippen LogP) is 2.98. The van der Waals surface area contributed by atoms with E-state index in [2.05, 4.69) is 39.4 Å². The number of fused-ring (bicyclic) bond motifs is 1. The molecule has 0 saturated carbocycles. The second-order valence-corrected chi connectivity index (χ2v) is 6.13. The zero-order chi connectivity index (χ0) is 15.6. The van der Waals surface area contributed by atoms with Gasteiger partial charge in [0.15, 0.2) is 0 Å². The Morgan fingerprint density at radius 3 is 3.04 bits per heavy atom. The van der Waals surface area contributed by atoms with Crippen LogP contribution in [0.5, 0.6) is 0 Å². The summed E-state index contributed by atoms with van der Waals surface area (Å²) in [5.74, 6) is 0. The van der Waals surface area contributed by atoms with E-state index in [1.54, 1.807) is 0 Å². The van der Waals surface area contributed by atoms with Crippen molar-refractivity contribution in [3.8, 4) is 11.3 Å². The number of para-hydroxylation sites is 1. The fourth-order valence-electron chi connectivity index (χ4n) is 3.56. The van der Waals surface area contributed by atoms with E-state index in [1.807, 2.05) is 35.1 Å². The summed E-state index contributed by atoms with van der Waals surface area (Å²) in [5.41, 5.74) is 3.01. The molecule has 1 fully saturated rings. The van der Waals surface area contributed by atoms with Gasteiger partial charge < -0.3 is 0 Å². The number of rotatable bonds is 4. The Morgan fingerprint density at radius 1 is 1.22 bits per heavy atom. The molecule has 3 aromatic rings. The maximum atomic E-state index is 4.42. The molecule has 118 valence electrons.